The summed E-state index contributed by atoms with van der Waals surface area (Å²) in [6.07, 6.45) is -1.92. The number of thiophene rings is 1. The van der Waals surface area contributed by atoms with E-state index in [-0.39, 0.29) is 0 Å². The Bertz CT molecular complexity index is 1100. The first-order chi connectivity index (χ1) is 13.4. The summed E-state index contributed by atoms with van der Waals surface area (Å²) in [5.41, 5.74) is 0.330. The van der Waals surface area contributed by atoms with Gasteiger partial charge in [0.1, 0.15) is 22.7 Å². The van der Waals surface area contributed by atoms with Gasteiger partial charge < -0.3 is 9.84 Å². The van der Waals surface area contributed by atoms with Gasteiger partial charge in [0.25, 0.3) is 0 Å². The minimum atomic E-state index is -4.36. The van der Waals surface area contributed by atoms with Gasteiger partial charge in [0.2, 0.25) is 0 Å². The number of nitrogens with one attached hydrogen (secondary N) is 1. The minimum absolute atomic E-state index is 0.344. The number of benzene rings is 1. The van der Waals surface area contributed by atoms with Crippen LogP contribution in [0.3, 0.4) is 0 Å². The molecule has 0 saturated carbocycles. The molecular formula is C19H15F3N4OS. The smallest absolute Gasteiger partial charge is 0.362 e. The molecule has 0 amide bonds. The highest BCUT2D eigenvalue weighted by Gasteiger charge is 2.30. The third kappa shape index (κ3) is 3.70. The van der Waals surface area contributed by atoms with Crippen LogP contribution in [0.2, 0.25) is 0 Å². The Kier molecular flexibility index (Phi) is 4.76. The third-order valence-corrected chi connectivity index (χ3v) is 5.41. The lowest BCUT2D eigenvalue weighted by Crippen LogP contribution is -2.03. The van der Waals surface area contributed by atoms with E-state index < -0.39 is 11.7 Å². The fourth-order valence-electron chi connectivity index (χ4n) is 2.75. The van der Waals surface area contributed by atoms with E-state index in [2.05, 4.69) is 33.4 Å². The maximum absolute atomic E-state index is 12.7. The largest absolute Gasteiger partial charge is 0.416 e. The normalized spacial score (nSPS) is 11.9. The van der Waals surface area contributed by atoms with Crippen LogP contribution >= 0.6 is 11.3 Å². The summed E-state index contributed by atoms with van der Waals surface area (Å²) in [6.45, 7) is 2.43. The van der Waals surface area contributed by atoms with E-state index in [0.29, 0.717) is 29.4 Å². The van der Waals surface area contributed by atoms with Crippen molar-refractivity contribution in [3.05, 3.63) is 58.9 Å². The summed E-state index contributed by atoms with van der Waals surface area (Å²) in [7, 11) is 0. The number of rotatable bonds is 5. The Hall–Kier alpha value is -2.94. The van der Waals surface area contributed by atoms with Crippen LogP contribution in [0.25, 0.3) is 21.5 Å². The molecule has 3 aromatic heterocycles. The lowest BCUT2D eigenvalue weighted by Gasteiger charge is -2.06. The van der Waals surface area contributed by atoms with Crippen molar-refractivity contribution in [3.63, 3.8) is 0 Å². The first-order valence-corrected chi connectivity index (χ1v) is 9.36. The molecule has 0 fully saturated rings. The molecule has 0 unspecified atom stereocenters. The molecule has 0 atom stereocenters. The Balaban J connectivity index is 1.49. The van der Waals surface area contributed by atoms with E-state index in [9.17, 15) is 13.2 Å². The molecule has 9 heteroatoms. The van der Waals surface area contributed by atoms with Crippen LogP contribution < -0.4 is 5.32 Å². The van der Waals surface area contributed by atoms with Gasteiger partial charge in [-0.3, -0.25) is 0 Å². The van der Waals surface area contributed by atoms with Crippen molar-refractivity contribution in [2.24, 2.45) is 0 Å². The summed E-state index contributed by atoms with van der Waals surface area (Å²) in [5, 5.41) is 8.10. The van der Waals surface area contributed by atoms with Crippen LogP contribution in [0.5, 0.6) is 0 Å². The quantitative estimate of drug-likeness (QED) is 0.473. The highest BCUT2D eigenvalue weighted by atomic mass is 32.1. The van der Waals surface area contributed by atoms with Crippen molar-refractivity contribution in [2.75, 3.05) is 5.32 Å². The Labute approximate surface area is 162 Å². The second-order valence-electron chi connectivity index (χ2n) is 6.11. The zero-order valence-electron chi connectivity index (χ0n) is 14.7. The zero-order chi connectivity index (χ0) is 19.7. The number of aryl methyl sites for hydroxylation is 1. The number of alkyl halides is 3. The van der Waals surface area contributed by atoms with Gasteiger partial charge in [-0.1, -0.05) is 24.2 Å². The molecule has 0 bridgehead atoms. The molecule has 0 radical (unpaired) electrons. The second kappa shape index (κ2) is 7.23. The van der Waals surface area contributed by atoms with Crippen LogP contribution in [-0.4, -0.2) is 15.1 Å². The van der Waals surface area contributed by atoms with Gasteiger partial charge in [0.05, 0.1) is 17.5 Å². The SMILES string of the molecule is CCc1cc2c(NCc3cc(-c4ccc(C(F)(F)F)cc4)no3)ncnc2s1. The van der Waals surface area contributed by atoms with Gasteiger partial charge in [-0.15, -0.1) is 11.3 Å². The van der Waals surface area contributed by atoms with Crippen molar-refractivity contribution >= 4 is 27.4 Å². The first kappa shape index (κ1) is 18.4. The zero-order valence-corrected chi connectivity index (χ0v) is 15.6. The number of hydrogen-bond acceptors (Lipinski definition) is 6. The minimum Gasteiger partial charge on any atom is -0.362 e. The molecule has 144 valence electrons. The van der Waals surface area contributed by atoms with E-state index in [1.807, 2.05) is 0 Å². The summed E-state index contributed by atoms with van der Waals surface area (Å²) in [6, 6.07) is 8.57. The van der Waals surface area contributed by atoms with E-state index in [0.717, 1.165) is 28.8 Å². The topological polar surface area (TPSA) is 63.8 Å². The summed E-state index contributed by atoms with van der Waals surface area (Å²) in [4.78, 5) is 10.7. The lowest BCUT2D eigenvalue weighted by atomic mass is 10.1. The standard InChI is InChI=1S/C19H15F3N4OS/c1-2-14-8-15-17(24-10-25-18(15)28-14)23-9-13-7-16(26-27-13)11-3-5-12(6-4-11)19(20,21)22/h3-8,10H,2,9H2,1H3,(H,23,24,25). The lowest BCUT2D eigenvalue weighted by molar-refractivity contribution is -0.137. The number of aromatic nitrogens is 3. The second-order valence-corrected chi connectivity index (χ2v) is 7.23. The number of anilines is 1. The first-order valence-electron chi connectivity index (χ1n) is 8.54. The van der Waals surface area contributed by atoms with E-state index >= 15 is 0 Å². The van der Waals surface area contributed by atoms with Crippen LogP contribution in [0.15, 0.2) is 47.2 Å². The van der Waals surface area contributed by atoms with Gasteiger partial charge in [-0.2, -0.15) is 13.2 Å². The molecule has 3 heterocycles. The summed E-state index contributed by atoms with van der Waals surface area (Å²) >= 11 is 1.63. The van der Waals surface area contributed by atoms with Crippen molar-refractivity contribution in [2.45, 2.75) is 26.1 Å². The molecule has 4 aromatic rings. The van der Waals surface area contributed by atoms with Crippen LogP contribution in [0.1, 0.15) is 23.1 Å². The highest BCUT2D eigenvalue weighted by Crippen LogP contribution is 2.31. The number of fused-ring (bicyclic) bond motifs is 1. The van der Waals surface area contributed by atoms with Crippen molar-refractivity contribution in [3.8, 4) is 11.3 Å². The maximum atomic E-state index is 12.7. The number of halogens is 3. The molecular weight excluding hydrogens is 389 g/mol. The van der Waals surface area contributed by atoms with Crippen molar-refractivity contribution < 1.29 is 17.7 Å². The van der Waals surface area contributed by atoms with Gasteiger partial charge in [0.15, 0.2) is 5.76 Å². The molecule has 0 aliphatic carbocycles. The molecule has 0 saturated heterocycles. The molecule has 5 nitrogen and oxygen atoms in total. The number of hydrogen-bond donors (Lipinski definition) is 1. The van der Waals surface area contributed by atoms with Crippen LogP contribution in [-0.2, 0) is 19.1 Å². The summed E-state index contributed by atoms with van der Waals surface area (Å²) in [5.74, 6) is 1.25. The molecule has 4 rings (SSSR count). The predicted molar refractivity (Wildman–Crippen MR) is 101 cm³/mol. The van der Waals surface area contributed by atoms with Crippen LogP contribution in [0, 0.1) is 0 Å². The van der Waals surface area contributed by atoms with E-state index in [1.54, 1.807) is 17.4 Å². The fourth-order valence-corrected chi connectivity index (χ4v) is 3.69. The Morgan fingerprint density at radius 3 is 2.61 bits per heavy atom. The Morgan fingerprint density at radius 1 is 1.11 bits per heavy atom. The molecule has 28 heavy (non-hydrogen) atoms. The third-order valence-electron chi connectivity index (χ3n) is 4.23. The molecule has 0 aliphatic rings. The summed E-state index contributed by atoms with van der Waals surface area (Å²) < 4.78 is 43.3. The van der Waals surface area contributed by atoms with Crippen molar-refractivity contribution in [1.29, 1.82) is 0 Å². The van der Waals surface area contributed by atoms with Gasteiger partial charge in [-0.05, 0) is 24.6 Å². The molecule has 0 aliphatic heterocycles. The fraction of sp³-hybridized carbons (Fsp3) is 0.211. The van der Waals surface area contributed by atoms with E-state index in [4.69, 9.17) is 4.52 Å². The average molecular weight is 404 g/mol. The Morgan fingerprint density at radius 2 is 1.89 bits per heavy atom. The number of nitrogens with zero attached hydrogens (tertiary/aromatic N) is 3. The van der Waals surface area contributed by atoms with E-state index in [1.165, 1.54) is 23.3 Å². The molecule has 0 spiro atoms. The van der Waals surface area contributed by atoms with Gasteiger partial charge in [0, 0.05) is 16.5 Å². The predicted octanol–water partition coefficient (Wildman–Crippen LogP) is 5.54. The van der Waals surface area contributed by atoms with Gasteiger partial charge >= 0.3 is 6.18 Å². The van der Waals surface area contributed by atoms with Crippen LogP contribution in [0.4, 0.5) is 19.0 Å². The molecule has 1 aromatic carbocycles. The average Bonchev–Trinajstić information content (AvgIpc) is 3.32. The monoisotopic (exact) mass is 404 g/mol. The molecule has 1 N–H and O–H groups in total. The van der Waals surface area contributed by atoms with Gasteiger partial charge in [-0.25, -0.2) is 9.97 Å². The highest BCUT2D eigenvalue weighted by molar-refractivity contribution is 7.18. The maximum Gasteiger partial charge on any atom is 0.416 e. The van der Waals surface area contributed by atoms with Crippen molar-refractivity contribution in [1.82, 2.24) is 15.1 Å².